The van der Waals surface area contributed by atoms with Gasteiger partial charge in [0.25, 0.3) is 0 Å². The summed E-state index contributed by atoms with van der Waals surface area (Å²) in [6, 6.07) is 12.7. The Morgan fingerprint density at radius 3 is 2.43 bits per heavy atom. The van der Waals surface area contributed by atoms with Crippen LogP contribution in [0.5, 0.6) is 0 Å². The fourth-order valence-corrected chi connectivity index (χ4v) is 2.53. The van der Waals surface area contributed by atoms with Crippen LogP contribution >= 0.6 is 11.8 Å². The van der Waals surface area contributed by atoms with Crippen molar-refractivity contribution in [3.05, 3.63) is 42.0 Å². The number of aromatic nitrogens is 2. The molecule has 5 heteroatoms. The molecule has 1 unspecified atom stereocenters. The van der Waals surface area contributed by atoms with Gasteiger partial charge in [-0.3, -0.25) is 0 Å². The summed E-state index contributed by atoms with van der Waals surface area (Å²) in [5, 5.41) is 7.54. The van der Waals surface area contributed by atoms with Crippen LogP contribution < -0.4 is 10.6 Å². The van der Waals surface area contributed by atoms with Gasteiger partial charge in [-0.05, 0) is 25.2 Å². The quantitative estimate of drug-likeness (QED) is 0.593. The molecule has 0 bridgehead atoms. The summed E-state index contributed by atoms with van der Waals surface area (Å²) in [5.74, 6) is 1.73. The smallest absolute Gasteiger partial charge is 0.191 e. The molecule has 1 atom stereocenters. The fraction of sp³-hybridized carbons (Fsp3) is 0.375. The molecule has 0 saturated heterocycles. The molecule has 2 N–H and O–H groups in total. The molecule has 1 aromatic carbocycles. The van der Waals surface area contributed by atoms with Gasteiger partial charge in [0.2, 0.25) is 0 Å². The number of rotatable bonds is 7. The Hall–Kier alpha value is -1.75. The zero-order valence-electron chi connectivity index (χ0n) is 12.8. The Morgan fingerprint density at radius 1 is 1.10 bits per heavy atom. The number of nitrogens with zero attached hydrogens (tertiary/aromatic N) is 2. The van der Waals surface area contributed by atoms with Crippen molar-refractivity contribution in [3.63, 3.8) is 0 Å². The summed E-state index contributed by atoms with van der Waals surface area (Å²) in [7, 11) is 0. The van der Waals surface area contributed by atoms with E-state index in [-0.39, 0.29) is 6.04 Å². The van der Waals surface area contributed by atoms with E-state index in [1.807, 2.05) is 18.4 Å². The van der Waals surface area contributed by atoms with E-state index in [9.17, 15) is 0 Å². The van der Waals surface area contributed by atoms with Crippen molar-refractivity contribution < 1.29 is 0 Å². The van der Waals surface area contributed by atoms with Crippen LogP contribution in [0.3, 0.4) is 0 Å². The average Bonchev–Trinajstić information content (AvgIpc) is 2.53. The maximum absolute atomic E-state index is 4.55. The largest absolute Gasteiger partial charge is 0.370 e. The van der Waals surface area contributed by atoms with Gasteiger partial charge in [0.05, 0.1) is 6.04 Å². The van der Waals surface area contributed by atoms with Gasteiger partial charge in [0, 0.05) is 12.6 Å². The molecule has 0 aliphatic carbocycles. The Balaban J connectivity index is 2.22. The maximum atomic E-state index is 4.55. The molecule has 2 rings (SSSR count). The predicted molar refractivity (Wildman–Crippen MR) is 91.1 cm³/mol. The van der Waals surface area contributed by atoms with Gasteiger partial charge in [-0.2, -0.15) is 0 Å². The van der Waals surface area contributed by atoms with Gasteiger partial charge in [-0.25, -0.2) is 9.97 Å². The lowest BCUT2D eigenvalue weighted by atomic mass is 10.0. The van der Waals surface area contributed by atoms with E-state index >= 15 is 0 Å². The molecule has 0 aliphatic rings. The van der Waals surface area contributed by atoms with E-state index in [0.717, 1.165) is 29.8 Å². The summed E-state index contributed by atoms with van der Waals surface area (Å²) < 4.78 is 0. The standard InChI is InChI=1S/C16H22N4S/c1-4-13(12-9-7-6-8-10-12)18-15-11-14(17-5-2)19-16(20-15)21-3/h6-11,13H,4-5H2,1-3H3,(H2,17,18,19,20). The second kappa shape index (κ2) is 7.88. The highest BCUT2D eigenvalue weighted by atomic mass is 32.2. The van der Waals surface area contributed by atoms with Crippen LogP contribution in [0, 0.1) is 0 Å². The van der Waals surface area contributed by atoms with Gasteiger partial charge in [-0.15, -0.1) is 0 Å². The van der Waals surface area contributed by atoms with Crippen LogP contribution in [-0.4, -0.2) is 22.8 Å². The monoisotopic (exact) mass is 302 g/mol. The van der Waals surface area contributed by atoms with E-state index < -0.39 is 0 Å². The third kappa shape index (κ3) is 4.36. The number of thioether (sulfide) groups is 1. The lowest BCUT2D eigenvalue weighted by Crippen LogP contribution is -2.12. The van der Waals surface area contributed by atoms with Gasteiger partial charge >= 0.3 is 0 Å². The van der Waals surface area contributed by atoms with Crippen molar-refractivity contribution in [3.8, 4) is 0 Å². The van der Waals surface area contributed by atoms with Crippen molar-refractivity contribution in [2.75, 3.05) is 23.4 Å². The van der Waals surface area contributed by atoms with Crippen molar-refractivity contribution >= 4 is 23.4 Å². The van der Waals surface area contributed by atoms with E-state index in [0.29, 0.717) is 0 Å². The second-order valence-corrected chi connectivity index (χ2v) is 5.44. The highest BCUT2D eigenvalue weighted by Crippen LogP contribution is 2.24. The summed E-state index contributed by atoms with van der Waals surface area (Å²) in [5.41, 5.74) is 1.27. The van der Waals surface area contributed by atoms with Crippen molar-refractivity contribution in [1.82, 2.24) is 9.97 Å². The lowest BCUT2D eigenvalue weighted by molar-refractivity contribution is 0.740. The number of nitrogens with one attached hydrogen (secondary N) is 2. The van der Waals surface area contributed by atoms with Gasteiger partial charge in [0.15, 0.2) is 5.16 Å². The number of hydrogen-bond donors (Lipinski definition) is 2. The highest BCUT2D eigenvalue weighted by molar-refractivity contribution is 7.98. The Kier molecular flexibility index (Phi) is 5.87. The summed E-state index contributed by atoms with van der Waals surface area (Å²) in [6.45, 7) is 5.08. The van der Waals surface area contributed by atoms with Gasteiger partial charge in [0.1, 0.15) is 11.6 Å². The van der Waals surface area contributed by atoms with E-state index in [1.54, 1.807) is 11.8 Å². The van der Waals surface area contributed by atoms with Gasteiger partial charge in [-0.1, -0.05) is 49.0 Å². The van der Waals surface area contributed by atoms with Crippen LogP contribution in [0.15, 0.2) is 41.6 Å². The van der Waals surface area contributed by atoms with E-state index in [1.165, 1.54) is 5.56 Å². The van der Waals surface area contributed by atoms with Crippen molar-refractivity contribution in [2.45, 2.75) is 31.5 Å². The molecule has 112 valence electrons. The molecule has 0 saturated carbocycles. The Labute approximate surface area is 130 Å². The van der Waals surface area contributed by atoms with Gasteiger partial charge < -0.3 is 10.6 Å². The number of hydrogen-bond acceptors (Lipinski definition) is 5. The predicted octanol–water partition coefficient (Wildman–Crippen LogP) is 4.19. The summed E-state index contributed by atoms with van der Waals surface area (Å²) in [6.07, 6.45) is 2.99. The lowest BCUT2D eigenvalue weighted by Gasteiger charge is -2.19. The first-order valence-electron chi connectivity index (χ1n) is 7.25. The van der Waals surface area contributed by atoms with Crippen LogP contribution in [0.25, 0.3) is 0 Å². The molecule has 2 aromatic rings. The Bertz CT molecular complexity index is 559. The van der Waals surface area contributed by atoms with Crippen LogP contribution in [0.2, 0.25) is 0 Å². The SMILES string of the molecule is CCNc1cc(NC(CC)c2ccccc2)nc(SC)n1. The van der Waals surface area contributed by atoms with Crippen molar-refractivity contribution in [1.29, 1.82) is 0 Å². The first kappa shape index (κ1) is 15.6. The molecule has 4 nitrogen and oxygen atoms in total. The molecule has 0 radical (unpaired) electrons. The average molecular weight is 302 g/mol. The number of anilines is 2. The molecule has 1 aromatic heterocycles. The third-order valence-corrected chi connectivity index (χ3v) is 3.73. The molecular formula is C16H22N4S. The fourth-order valence-electron chi connectivity index (χ4n) is 2.15. The normalized spacial score (nSPS) is 12.0. The Morgan fingerprint density at radius 2 is 1.81 bits per heavy atom. The molecule has 0 aliphatic heterocycles. The zero-order valence-corrected chi connectivity index (χ0v) is 13.6. The topological polar surface area (TPSA) is 49.8 Å². The van der Waals surface area contributed by atoms with Crippen LogP contribution in [0.4, 0.5) is 11.6 Å². The van der Waals surface area contributed by atoms with Crippen LogP contribution in [-0.2, 0) is 0 Å². The summed E-state index contributed by atoms with van der Waals surface area (Å²) in [4.78, 5) is 9.00. The minimum atomic E-state index is 0.255. The maximum Gasteiger partial charge on any atom is 0.191 e. The summed E-state index contributed by atoms with van der Waals surface area (Å²) >= 11 is 1.55. The number of benzene rings is 1. The first-order chi connectivity index (χ1) is 10.3. The highest BCUT2D eigenvalue weighted by Gasteiger charge is 2.11. The molecule has 0 spiro atoms. The zero-order chi connectivity index (χ0) is 15.1. The third-order valence-electron chi connectivity index (χ3n) is 3.18. The van der Waals surface area contributed by atoms with Crippen LogP contribution in [0.1, 0.15) is 31.9 Å². The molecule has 0 amide bonds. The van der Waals surface area contributed by atoms with E-state index in [2.05, 4.69) is 58.7 Å². The molecule has 1 heterocycles. The van der Waals surface area contributed by atoms with Crippen molar-refractivity contribution in [2.24, 2.45) is 0 Å². The van der Waals surface area contributed by atoms with E-state index in [4.69, 9.17) is 0 Å². The molecule has 0 fully saturated rings. The minimum Gasteiger partial charge on any atom is -0.370 e. The second-order valence-electron chi connectivity index (χ2n) is 4.67. The first-order valence-corrected chi connectivity index (χ1v) is 8.47. The molecular weight excluding hydrogens is 280 g/mol. The molecule has 21 heavy (non-hydrogen) atoms. The minimum absolute atomic E-state index is 0.255.